The van der Waals surface area contributed by atoms with Crippen molar-refractivity contribution in [3.63, 3.8) is 0 Å². The van der Waals surface area contributed by atoms with Gasteiger partial charge in [0, 0.05) is 21.2 Å². The first-order valence-electron chi connectivity index (χ1n) is 6.72. The standard InChI is InChI=1S/C16H7Cl6NOS/c17-6-1-8(13(21)10(19)3-6)15-12(5-24)25-16(23-15)9-2-7(18)4-11(20)14(9)22/h1-4,24H,5H2. The minimum atomic E-state index is -0.237. The Bertz CT molecular complexity index is 972. The van der Waals surface area contributed by atoms with Gasteiger partial charge in [-0.2, -0.15) is 0 Å². The van der Waals surface area contributed by atoms with Crippen LogP contribution in [0, 0.1) is 0 Å². The van der Waals surface area contributed by atoms with Crippen LogP contribution < -0.4 is 0 Å². The number of aliphatic hydroxyl groups excluding tert-OH is 1. The summed E-state index contributed by atoms with van der Waals surface area (Å²) in [5.41, 5.74) is 1.56. The van der Waals surface area contributed by atoms with E-state index in [1.807, 2.05) is 0 Å². The summed E-state index contributed by atoms with van der Waals surface area (Å²) in [6, 6.07) is 6.38. The number of hydrogen-bond acceptors (Lipinski definition) is 3. The van der Waals surface area contributed by atoms with E-state index in [1.165, 1.54) is 17.4 Å². The second-order valence-corrected chi connectivity index (χ2v) is 8.47. The SMILES string of the molecule is OCc1sc(-c2cc(Cl)cc(Cl)c2Cl)nc1-c1cc(Cl)cc(Cl)c1Cl. The van der Waals surface area contributed by atoms with Crippen molar-refractivity contribution < 1.29 is 5.11 Å². The third kappa shape index (κ3) is 3.90. The van der Waals surface area contributed by atoms with Crippen LogP contribution in [-0.4, -0.2) is 10.1 Å². The molecule has 9 heteroatoms. The van der Waals surface area contributed by atoms with Crippen LogP contribution in [0.3, 0.4) is 0 Å². The molecule has 0 saturated heterocycles. The fourth-order valence-electron chi connectivity index (χ4n) is 2.22. The van der Waals surface area contributed by atoms with Crippen LogP contribution in [-0.2, 0) is 6.61 Å². The fraction of sp³-hybridized carbons (Fsp3) is 0.0625. The van der Waals surface area contributed by atoms with Gasteiger partial charge < -0.3 is 5.11 Å². The lowest BCUT2D eigenvalue weighted by molar-refractivity contribution is 0.286. The van der Waals surface area contributed by atoms with E-state index in [0.29, 0.717) is 56.8 Å². The Kier molecular flexibility index (Phi) is 6.09. The van der Waals surface area contributed by atoms with Crippen molar-refractivity contribution in [1.29, 1.82) is 0 Å². The Hall–Kier alpha value is -0.230. The topological polar surface area (TPSA) is 33.1 Å². The Balaban J connectivity index is 2.23. The van der Waals surface area contributed by atoms with E-state index in [2.05, 4.69) is 4.98 Å². The summed E-state index contributed by atoms with van der Waals surface area (Å²) in [5, 5.41) is 12.3. The highest BCUT2D eigenvalue weighted by molar-refractivity contribution is 7.15. The zero-order valence-corrected chi connectivity index (χ0v) is 17.4. The molecule has 2 nitrogen and oxygen atoms in total. The summed E-state index contributed by atoms with van der Waals surface area (Å²) in [7, 11) is 0. The highest BCUT2D eigenvalue weighted by Gasteiger charge is 2.20. The minimum Gasteiger partial charge on any atom is -0.391 e. The largest absolute Gasteiger partial charge is 0.391 e. The molecule has 2 aromatic carbocycles. The molecule has 130 valence electrons. The van der Waals surface area contributed by atoms with E-state index in [-0.39, 0.29) is 6.61 Å². The molecule has 0 spiro atoms. The summed E-state index contributed by atoms with van der Waals surface area (Å²) in [4.78, 5) is 5.15. The molecule has 0 saturated carbocycles. The molecular weight excluding hydrogens is 467 g/mol. The first kappa shape index (κ1) is 19.5. The second-order valence-electron chi connectivity index (χ2n) is 4.95. The Labute approximate surface area is 177 Å². The minimum absolute atomic E-state index is 0.237. The normalized spacial score (nSPS) is 11.2. The van der Waals surface area contributed by atoms with Gasteiger partial charge in [0.1, 0.15) is 5.01 Å². The average molecular weight is 474 g/mol. The maximum absolute atomic E-state index is 9.72. The number of nitrogens with zero attached hydrogens (tertiary/aromatic N) is 1. The molecule has 0 atom stereocenters. The lowest BCUT2D eigenvalue weighted by Crippen LogP contribution is -1.88. The van der Waals surface area contributed by atoms with E-state index < -0.39 is 0 Å². The van der Waals surface area contributed by atoms with Crippen LogP contribution in [0.2, 0.25) is 30.1 Å². The molecule has 25 heavy (non-hydrogen) atoms. The van der Waals surface area contributed by atoms with Crippen LogP contribution in [0.15, 0.2) is 24.3 Å². The summed E-state index contributed by atoms with van der Waals surface area (Å²) >= 11 is 38.1. The number of halogens is 6. The van der Waals surface area contributed by atoms with Crippen LogP contribution in [0.5, 0.6) is 0 Å². The molecule has 0 bridgehead atoms. The highest BCUT2D eigenvalue weighted by atomic mass is 35.5. The van der Waals surface area contributed by atoms with E-state index in [4.69, 9.17) is 69.6 Å². The summed E-state index contributed by atoms with van der Waals surface area (Å²) in [6.45, 7) is -0.237. The van der Waals surface area contributed by atoms with Gasteiger partial charge in [0.15, 0.2) is 0 Å². The van der Waals surface area contributed by atoms with Gasteiger partial charge in [-0.15, -0.1) is 11.3 Å². The first-order chi connectivity index (χ1) is 11.8. The van der Waals surface area contributed by atoms with Gasteiger partial charge >= 0.3 is 0 Å². The summed E-state index contributed by atoms with van der Waals surface area (Å²) < 4.78 is 0. The molecular formula is C16H7Cl6NOS. The molecule has 3 rings (SSSR count). The van der Waals surface area contributed by atoms with Crippen LogP contribution in [0.1, 0.15) is 4.88 Å². The second kappa shape index (κ2) is 7.79. The molecule has 0 aliphatic carbocycles. The van der Waals surface area contributed by atoms with E-state index in [0.717, 1.165) is 0 Å². The van der Waals surface area contributed by atoms with Crippen LogP contribution in [0.4, 0.5) is 0 Å². The zero-order chi connectivity index (χ0) is 18.3. The van der Waals surface area contributed by atoms with Crippen molar-refractivity contribution in [2.24, 2.45) is 0 Å². The number of hydrogen-bond donors (Lipinski definition) is 1. The van der Waals surface area contributed by atoms with Gasteiger partial charge in [-0.3, -0.25) is 0 Å². The zero-order valence-electron chi connectivity index (χ0n) is 12.1. The predicted molar refractivity (Wildman–Crippen MR) is 109 cm³/mol. The lowest BCUT2D eigenvalue weighted by atomic mass is 10.1. The lowest BCUT2D eigenvalue weighted by Gasteiger charge is -2.06. The number of rotatable bonds is 3. The molecule has 0 radical (unpaired) electrons. The molecule has 0 fully saturated rings. The van der Waals surface area contributed by atoms with Gasteiger partial charge in [0.05, 0.1) is 37.3 Å². The fourth-order valence-corrected chi connectivity index (χ4v) is 4.62. The molecule has 0 amide bonds. The van der Waals surface area contributed by atoms with E-state index in [1.54, 1.807) is 18.2 Å². The Morgan fingerprint density at radius 2 is 1.32 bits per heavy atom. The van der Waals surface area contributed by atoms with E-state index >= 15 is 0 Å². The molecule has 0 unspecified atom stereocenters. The van der Waals surface area contributed by atoms with Gasteiger partial charge in [-0.1, -0.05) is 69.6 Å². The van der Waals surface area contributed by atoms with Gasteiger partial charge in [-0.25, -0.2) is 4.98 Å². The molecule has 1 aromatic heterocycles. The average Bonchev–Trinajstić information content (AvgIpc) is 2.98. The Morgan fingerprint density at radius 1 is 0.800 bits per heavy atom. The van der Waals surface area contributed by atoms with Crippen LogP contribution >= 0.6 is 80.9 Å². The first-order valence-corrected chi connectivity index (χ1v) is 9.80. The summed E-state index contributed by atoms with van der Waals surface area (Å²) in [5.74, 6) is 0. The monoisotopic (exact) mass is 471 g/mol. The maximum atomic E-state index is 9.72. The molecule has 1 heterocycles. The molecule has 3 aromatic rings. The van der Waals surface area contributed by atoms with Crippen LogP contribution in [0.25, 0.3) is 21.8 Å². The van der Waals surface area contributed by atoms with Crippen molar-refractivity contribution in [3.05, 3.63) is 59.3 Å². The third-order valence-electron chi connectivity index (χ3n) is 3.31. The highest BCUT2D eigenvalue weighted by Crippen LogP contribution is 2.43. The van der Waals surface area contributed by atoms with Crippen molar-refractivity contribution in [1.82, 2.24) is 4.98 Å². The molecule has 0 aliphatic rings. The summed E-state index contributed by atoms with van der Waals surface area (Å²) in [6.07, 6.45) is 0. The smallest absolute Gasteiger partial charge is 0.126 e. The van der Waals surface area contributed by atoms with Gasteiger partial charge in [-0.05, 0) is 24.3 Å². The molecule has 1 N–H and O–H groups in total. The predicted octanol–water partition coefficient (Wildman–Crippen LogP) is 7.89. The van der Waals surface area contributed by atoms with E-state index in [9.17, 15) is 5.11 Å². The maximum Gasteiger partial charge on any atom is 0.126 e. The van der Waals surface area contributed by atoms with Gasteiger partial charge in [0.25, 0.3) is 0 Å². The van der Waals surface area contributed by atoms with Crippen molar-refractivity contribution >= 4 is 80.9 Å². The number of aliphatic hydroxyl groups is 1. The number of thiazole rings is 1. The van der Waals surface area contributed by atoms with Crippen molar-refractivity contribution in [3.8, 4) is 21.8 Å². The number of aromatic nitrogens is 1. The van der Waals surface area contributed by atoms with Gasteiger partial charge in [0.2, 0.25) is 0 Å². The number of benzene rings is 2. The molecule has 0 aliphatic heterocycles. The quantitative estimate of drug-likeness (QED) is 0.392. The van der Waals surface area contributed by atoms with Crippen molar-refractivity contribution in [2.45, 2.75) is 6.61 Å². The Morgan fingerprint density at radius 3 is 1.88 bits per heavy atom. The third-order valence-corrected chi connectivity index (χ3v) is 6.43. The van der Waals surface area contributed by atoms with Crippen molar-refractivity contribution in [2.75, 3.05) is 0 Å².